The number of hydrogen-bond donors (Lipinski definition) is 6. The van der Waals surface area contributed by atoms with Crippen molar-refractivity contribution >= 4 is 11.9 Å². The van der Waals surface area contributed by atoms with Crippen LogP contribution in [0.2, 0.25) is 0 Å². The van der Waals surface area contributed by atoms with Gasteiger partial charge >= 0.3 is 23.7 Å². The second-order valence-corrected chi connectivity index (χ2v) is 5.09. The maximum Gasteiger partial charge on any atom is 0.399 e. The highest BCUT2D eigenvalue weighted by Crippen LogP contribution is 2.39. The van der Waals surface area contributed by atoms with E-state index in [1.165, 1.54) is 0 Å². The average molecular weight is 323 g/mol. The summed E-state index contributed by atoms with van der Waals surface area (Å²) in [7, 11) is 0. The second-order valence-electron chi connectivity index (χ2n) is 5.09. The van der Waals surface area contributed by atoms with Crippen LogP contribution >= 0.6 is 0 Å². The van der Waals surface area contributed by atoms with Gasteiger partial charge in [0.05, 0.1) is 6.61 Å². The Hall–Kier alpha value is -1.34. The molecule has 0 radical (unpaired) electrons. The fraction of sp³-hybridized carbons (Fsp3) is 0.818. The SMILES string of the molecule is N[C@@H]1CCC(=O)O[C@@]2(O)[C@@H](O)[C@H](O)[C@@H](CO)O[C@]2(O)OC1=O. The van der Waals surface area contributed by atoms with E-state index in [0.717, 1.165) is 0 Å². The van der Waals surface area contributed by atoms with Crippen molar-refractivity contribution in [2.75, 3.05) is 6.61 Å². The van der Waals surface area contributed by atoms with Gasteiger partial charge in [0.15, 0.2) is 6.10 Å². The van der Waals surface area contributed by atoms with Crippen LogP contribution in [0.3, 0.4) is 0 Å². The third-order valence-corrected chi connectivity index (χ3v) is 3.52. The molecule has 6 atom stereocenters. The first-order valence-electron chi connectivity index (χ1n) is 6.44. The molecule has 0 saturated carbocycles. The lowest BCUT2D eigenvalue weighted by Gasteiger charge is -2.49. The summed E-state index contributed by atoms with van der Waals surface area (Å²) in [4.78, 5) is 23.4. The van der Waals surface area contributed by atoms with Gasteiger partial charge in [-0.25, -0.2) is 0 Å². The lowest BCUT2D eigenvalue weighted by molar-refractivity contribution is -0.511. The van der Waals surface area contributed by atoms with Gasteiger partial charge in [0.25, 0.3) is 0 Å². The summed E-state index contributed by atoms with van der Waals surface area (Å²) in [6.45, 7) is -0.895. The molecule has 0 aromatic rings. The predicted octanol–water partition coefficient (Wildman–Crippen LogP) is -4.36. The molecular formula is C11H17NO10. The molecule has 0 aromatic carbocycles. The average Bonchev–Trinajstić information content (AvgIpc) is 2.49. The predicted molar refractivity (Wildman–Crippen MR) is 63.3 cm³/mol. The molecule has 11 nitrogen and oxygen atoms in total. The summed E-state index contributed by atoms with van der Waals surface area (Å²) >= 11 is 0. The Morgan fingerprint density at radius 3 is 2.45 bits per heavy atom. The molecular weight excluding hydrogens is 306 g/mol. The number of aliphatic hydroxyl groups excluding tert-OH is 3. The van der Waals surface area contributed by atoms with Crippen LogP contribution in [0.25, 0.3) is 0 Å². The van der Waals surface area contributed by atoms with Gasteiger partial charge in [-0.2, -0.15) is 0 Å². The van der Waals surface area contributed by atoms with Gasteiger partial charge in [0.2, 0.25) is 0 Å². The van der Waals surface area contributed by atoms with Crippen LogP contribution < -0.4 is 5.73 Å². The van der Waals surface area contributed by atoms with E-state index in [-0.39, 0.29) is 6.42 Å². The minimum atomic E-state index is -3.35. The monoisotopic (exact) mass is 323 g/mol. The van der Waals surface area contributed by atoms with Crippen molar-refractivity contribution in [2.24, 2.45) is 5.73 Å². The standard InChI is InChI=1S/C11H17NO10/c12-4-1-2-6(14)21-10(18)8(16)7(15)5(3-13)20-11(10,19)22-9(4)17/h4-5,7-8,13,15-16,18-19H,1-3,12H2/t4-,5-,7-,8+,10+,11+/m1/s1. The second kappa shape index (κ2) is 5.70. The first-order chi connectivity index (χ1) is 10.1. The van der Waals surface area contributed by atoms with E-state index in [9.17, 15) is 30.0 Å². The molecule has 22 heavy (non-hydrogen) atoms. The van der Waals surface area contributed by atoms with Gasteiger partial charge in [-0.3, -0.25) is 9.59 Å². The molecule has 2 heterocycles. The number of rotatable bonds is 1. The molecule has 11 heteroatoms. The van der Waals surface area contributed by atoms with E-state index < -0.39 is 61.1 Å². The summed E-state index contributed by atoms with van der Waals surface area (Å²) < 4.78 is 13.8. The number of carbonyl (C=O) groups excluding carboxylic acids is 2. The maximum atomic E-state index is 11.7. The fourth-order valence-corrected chi connectivity index (χ4v) is 2.18. The molecule has 7 N–H and O–H groups in total. The topological polar surface area (TPSA) is 189 Å². The highest BCUT2D eigenvalue weighted by atomic mass is 16.9. The van der Waals surface area contributed by atoms with E-state index in [2.05, 4.69) is 9.47 Å². The molecule has 2 aliphatic heterocycles. The van der Waals surface area contributed by atoms with Crippen molar-refractivity contribution in [2.45, 2.75) is 49.0 Å². The number of esters is 2. The smallest absolute Gasteiger partial charge is 0.399 e. The molecule has 0 bridgehead atoms. The van der Waals surface area contributed by atoms with Crippen molar-refractivity contribution in [3.8, 4) is 0 Å². The zero-order chi connectivity index (χ0) is 16.7. The Balaban J connectivity index is 2.46. The van der Waals surface area contributed by atoms with Crippen LogP contribution in [-0.4, -0.2) is 80.2 Å². The Labute approximate surface area is 123 Å². The number of carbonyl (C=O) groups is 2. The molecule has 0 aliphatic carbocycles. The van der Waals surface area contributed by atoms with Gasteiger partial charge in [0.1, 0.15) is 18.2 Å². The number of ether oxygens (including phenoxy) is 3. The Kier molecular flexibility index (Phi) is 4.41. The van der Waals surface area contributed by atoms with E-state index in [0.29, 0.717) is 0 Å². The summed E-state index contributed by atoms with van der Waals surface area (Å²) in [5, 5.41) is 49.2. The van der Waals surface area contributed by atoms with Gasteiger partial charge in [-0.15, -0.1) is 0 Å². The van der Waals surface area contributed by atoms with E-state index in [1.807, 2.05) is 0 Å². The van der Waals surface area contributed by atoms with Crippen LogP contribution in [0.5, 0.6) is 0 Å². The van der Waals surface area contributed by atoms with Crippen molar-refractivity contribution in [3.63, 3.8) is 0 Å². The zero-order valence-corrected chi connectivity index (χ0v) is 11.3. The third-order valence-electron chi connectivity index (χ3n) is 3.52. The van der Waals surface area contributed by atoms with E-state index in [1.54, 1.807) is 0 Å². The summed E-state index contributed by atoms with van der Waals surface area (Å²) in [5.74, 6) is -9.01. The lowest BCUT2D eigenvalue weighted by atomic mass is 9.94. The molecule has 2 saturated heterocycles. The van der Waals surface area contributed by atoms with Crippen LogP contribution in [0.4, 0.5) is 0 Å². The number of fused-ring (bicyclic) bond motifs is 1. The van der Waals surface area contributed by atoms with Gasteiger partial charge in [0, 0.05) is 6.42 Å². The molecule has 2 rings (SSSR count). The fourth-order valence-electron chi connectivity index (χ4n) is 2.18. The first-order valence-corrected chi connectivity index (χ1v) is 6.44. The summed E-state index contributed by atoms with van der Waals surface area (Å²) in [5.41, 5.74) is 5.44. The van der Waals surface area contributed by atoms with Gasteiger partial charge in [-0.05, 0) is 6.42 Å². The lowest BCUT2D eigenvalue weighted by Crippen LogP contribution is -2.75. The Morgan fingerprint density at radius 1 is 1.23 bits per heavy atom. The van der Waals surface area contributed by atoms with Crippen molar-refractivity contribution in [1.82, 2.24) is 0 Å². The van der Waals surface area contributed by atoms with Crippen molar-refractivity contribution in [1.29, 1.82) is 0 Å². The number of aliphatic hydroxyl groups is 5. The summed E-state index contributed by atoms with van der Waals surface area (Å²) in [6, 6.07) is -1.32. The van der Waals surface area contributed by atoms with Crippen LogP contribution in [0, 0.1) is 0 Å². The molecule has 0 unspecified atom stereocenters. The molecule has 126 valence electrons. The third kappa shape index (κ3) is 2.56. The van der Waals surface area contributed by atoms with Crippen molar-refractivity contribution in [3.05, 3.63) is 0 Å². The van der Waals surface area contributed by atoms with Crippen molar-refractivity contribution < 1.29 is 49.3 Å². The highest BCUT2D eigenvalue weighted by Gasteiger charge is 2.70. The van der Waals surface area contributed by atoms with Crippen LogP contribution in [0.1, 0.15) is 12.8 Å². The summed E-state index contributed by atoms with van der Waals surface area (Å²) in [6.07, 6.45) is -6.50. The normalized spacial score (nSPS) is 46.6. The van der Waals surface area contributed by atoms with Crippen LogP contribution in [0.15, 0.2) is 0 Å². The minimum Gasteiger partial charge on any atom is -0.420 e. The number of nitrogens with two attached hydrogens (primary N) is 1. The molecule has 0 spiro atoms. The molecule has 2 aliphatic rings. The molecule has 0 aromatic heterocycles. The molecule has 0 amide bonds. The Morgan fingerprint density at radius 2 is 1.86 bits per heavy atom. The van der Waals surface area contributed by atoms with Gasteiger partial charge in [-0.1, -0.05) is 0 Å². The quantitative estimate of drug-likeness (QED) is 0.256. The first kappa shape index (κ1) is 17.0. The Bertz CT molecular complexity index is 472. The maximum absolute atomic E-state index is 11.7. The molecule has 2 fully saturated rings. The van der Waals surface area contributed by atoms with E-state index >= 15 is 0 Å². The number of hydrogen-bond acceptors (Lipinski definition) is 11. The highest BCUT2D eigenvalue weighted by molar-refractivity contribution is 5.78. The minimum absolute atomic E-state index is 0.202. The largest absolute Gasteiger partial charge is 0.420 e. The van der Waals surface area contributed by atoms with Gasteiger partial charge < -0.3 is 45.5 Å². The van der Waals surface area contributed by atoms with Crippen LogP contribution in [-0.2, 0) is 23.8 Å². The van der Waals surface area contributed by atoms with E-state index in [4.69, 9.17) is 15.6 Å². The zero-order valence-electron chi connectivity index (χ0n) is 11.3.